The minimum absolute atomic E-state index is 0.346. The zero-order valence-corrected chi connectivity index (χ0v) is 40.7. The summed E-state index contributed by atoms with van der Waals surface area (Å²) in [5.74, 6) is -0.605. The molecule has 6 heteroatoms. The summed E-state index contributed by atoms with van der Waals surface area (Å²) >= 11 is 0. The first-order chi connectivity index (χ1) is 30.0. The predicted molar refractivity (Wildman–Crippen MR) is 265 cm³/mol. The van der Waals surface area contributed by atoms with E-state index in [0.29, 0.717) is 19.3 Å². The fourth-order valence-corrected chi connectivity index (χ4v) is 8.30. The topological polar surface area (TPSA) is 110 Å². The van der Waals surface area contributed by atoms with Gasteiger partial charge in [0, 0.05) is 0 Å². The van der Waals surface area contributed by atoms with Crippen LogP contribution in [-0.4, -0.2) is 57.3 Å². The molecule has 5 N–H and O–H groups in total. The number of rotatable bonds is 49. The van der Waals surface area contributed by atoms with E-state index in [4.69, 9.17) is 0 Å². The Morgan fingerprint density at radius 2 is 0.689 bits per heavy atom. The number of carbonyl (C=O) groups excluding carboxylic acids is 1. The van der Waals surface area contributed by atoms with Gasteiger partial charge in [0.25, 0.3) is 0 Å². The van der Waals surface area contributed by atoms with Gasteiger partial charge in [-0.2, -0.15) is 0 Å². The fourth-order valence-electron chi connectivity index (χ4n) is 8.30. The highest BCUT2D eigenvalue weighted by atomic mass is 16.3. The van der Waals surface area contributed by atoms with Crippen LogP contribution in [0.4, 0.5) is 0 Å². The first-order valence-corrected chi connectivity index (χ1v) is 26.9. The summed E-state index contributed by atoms with van der Waals surface area (Å²) in [5, 5.41) is 43.8. The van der Waals surface area contributed by atoms with Crippen LogP contribution in [-0.2, 0) is 4.79 Å². The van der Waals surface area contributed by atoms with Crippen molar-refractivity contribution in [3.63, 3.8) is 0 Å². The number of nitrogens with one attached hydrogen (secondary N) is 1. The number of allylic oxidation sites excluding steroid dienone is 6. The molecule has 0 spiro atoms. The van der Waals surface area contributed by atoms with Gasteiger partial charge in [0.1, 0.15) is 12.2 Å². The van der Waals surface area contributed by atoms with Gasteiger partial charge in [0.2, 0.25) is 5.91 Å². The molecule has 360 valence electrons. The lowest BCUT2D eigenvalue weighted by Crippen LogP contribution is -2.53. The number of aliphatic hydroxyl groups excluding tert-OH is 4. The van der Waals surface area contributed by atoms with Gasteiger partial charge < -0.3 is 25.7 Å². The first-order valence-electron chi connectivity index (χ1n) is 26.9. The van der Waals surface area contributed by atoms with E-state index in [9.17, 15) is 25.2 Å². The van der Waals surface area contributed by atoms with Crippen molar-refractivity contribution in [2.45, 2.75) is 301 Å². The minimum atomic E-state index is -1.29. The number of hydrogen-bond acceptors (Lipinski definition) is 5. The van der Waals surface area contributed by atoms with Crippen molar-refractivity contribution in [1.29, 1.82) is 0 Å². The molecule has 1 amide bonds. The summed E-state index contributed by atoms with van der Waals surface area (Å²) in [5.41, 5.74) is 0. The second kappa shape index (κ2) is 49.5. The van der Waals surface area contributed by atoms with Gasteiger partial charge in [-0.1, -0.05) is 237 Å². The second-order valence-corrected chi connectivity index (χ2v) is 18.6. The van der Waals surface area contributed by atoms with E-state index in [-0.39, 0.29) is 0 Å². The molecule has 0 fully saturated rings. The molecule has 0 radical (unpaired) electrons. The first kappa shape index (κ1) is 59.5. The van der Waals surface area contributed by atoms with E-state index >= 15 is 0 Å². The normalized spacial score (nSPS) is 14.1. The van der Waals surface area contributed by atoms with Crippen LogP contribution in [0.15, 0.2) is 36.5 Å². The molecular formula is C55H105NO5. The smallest absolute Gasteiger partial charge is 0.249 e. The van der Waals surface area contributed by atoms with E-state index in [0.717, 1.165) is 51.4 Å². The molecule has 0 bridgehead atoms. The van der Waals surface area contributed by atoms with Crippen molar-refractivity contribution in [1.82, 2.24) is 5.32 Å². The highest BCUT2D eigenvalue weighted by Crippen LogP contribution is 2.17. The number of hydrogen-bond donors (Lipinski definition) is 5. The van der Waals surface area contributed by atoms with Crippen LogP contribution in [0.5, 0.6) is 0 Å². The SMILES string of the molecule is CCCCCCCCC/C=C\CCCCCCC(O)C(=O)NC(CO)C(O)C(O)CCC/C=C/CC/C=C/CCCCCCCCCCCCCCCCCCCCCCC. The van der Waals surface area contributed by atoms with Gasteiger partial charge in [-0.3, -0.25) is 4.79 Å². The van der Waals surface area contributed by atoms with Crippen molar-refractivity contribution in [3.8, 4) is 0 Å². The highest BCUT2D eigenvalue weighted by Gasteiger charge is 2.28. The number of aliphatic hydroxyl groups is 4. The minimum Gasteiger partial charge on any atom is -0.394 e. The largest absolute Gasteiger partial charge is 0.394 e. The van der Waals surface area contributed by atoms with Gasteiger partial charge >= 0.3 is 0 Å². The fraction of sp³-hybridized carbons (Fsp3) is 0.873. The Hall–Kier alpha value is -1.47. The van der Waals surface area contributed by atoms with Crippen molar-refractivity contribution in [2.24, 2.45) is 0 Å². The van der Waals surface area contributed by atoms with Gasteiger partial charge in [-0.25, -0.2) is 0 Å². The van der Waals surface area contributed by atoms with Gasteiger partial charge in [0.15, 0.2) is 0 Å². The molecule has 0 aliphatic heterocycles. The maximum absolute atomic E-state index is 12.5. The van der Waals surface area contributed by atoms with Crippen molar-refractivity contribution < 1.29 is 25.2 Å². The summed E-state index contributed by atoms with van der Waals surface area (Å²) in [4.78, 5) is 12.5. The standard InChI is InChI=1S/C55H105NO5/c1-3-5-7-9-11-13-15-17-19-20-21-22-23-24-25-26-27-28-29-30-31-32-33-35-36-38-40-42-44-46-48-52(58)54(60)51(50-57)56-55(61)53(59)49-47-45-43-41-39-37-34-18-16-14-12-10-8-6-4-2/h33-35,37,40,42,51-54,57-60H,3-32,36,38-39,41,43-50H2,1-2H3,(H,56,61)/b35-33+,37-34-,42-40+. The van der Waals surface area contributed by atoms with E-state index in [1.54, 1.807) is 0 Å². The average Bonchev–Trinajstić information content (AvgIpc) is 3.26. The Morgan fingerprint density at radius 1 is 0.393 bits per heavy atom. The third kappa shape index (κ3) is 43.6. The Labute approximate surface area is 379 Å². The van der Waals surface area contributed by atoms with Crippen molar-refractivity contribution >= 4 is 5.91 Å². The number of unbranched alkanes of at least 4 members (excludes halogenated alkanes) is 34. The van der Waals surface area contributed by atoms with Crippen LogP contribution in [0.2, 0.25) is 0 Å². The van der Waals surface area contributed by atoms with E-state index < -0.39 is 36.9 Å². The second-order valence-electron chi connectivity index (χ2n) is 18.6. The zero-order valence-electron chi connectivity index (χ0n) is 40.7. The van der Waals surface area contributed by atoms with Crippen molar-refractivity contribution in [2.75, 3.05) is 6.61 Å². The molecule has 0 heterocycles. The Bertz CT molecular complexity index is 966. The van der Waals surface area contributed by atoms with Crippen LogP contribution in [0.3, 0.4) is 0 Å². The molecule has 0 aromatic heterocycles. The molecular weight excluding hydrogens is 755 g/mol. The van der Waals surface area contributed by atoms with Crippen LogP contribution in [0.25, 0.3) is 0 Å². The monoisotopic (exact) mass is 860 g/mol. The lowest BCUT2D eigenvalue weighted by Gasteiger charge is -2.27. The van der Waals surface area contributed by atoms with Gasteiger partial charge in [-0.15, -0.1) is 0 Å². The molecule has 0 saturated carbocycles. The lowest BCUT2D eigenvalue weighted by atomic mass is 10.00. The Balaban J connectivity index is 3.68. The summed E-state index contributed by atoms with van der Waals surface area (Å²) < 4.78 is 0. The van der Waals surface area contributed by atoms with Gasteiger partial charge in [0.05, 0.1) is 18.8 Å². The van der Waals surface area contributed by atoms with E-state index in [2.05, 4.69) is 55.6 Å². The average molecular weight is 860 g/mol. The molecule has 6 nitrogen and oxygen atoms in total. The summed E-state index contributed by atoms with van der Waals surface area (Å²) in [6.45, 7) is 4.05. The van der Waals surface area contributed by atoms with Crippen LogP contribution < -0.4 is 5.32 Å². The third-order valence-electron chi connectivity index (χ3n) is 12.6. The summed E-state index contributed by atoms with van der Waals surface area (Å²) in [7, 11) is 0. The molecule has 61 heavy (non-hydrogen) atoms. The lowest BCUT2D eigenvalue weighted by molar-refractivity contribution is -0.132. The molecule has 0 aliphatic carbocycles. The molecule has 0 aromatic rings. The van der Waals surface area contributed by atoms with Crippen molar-refractivity contribution in [3.05, 3.63) is 36.5 Å². The molecule has 4 atom stereocenters. The van der Waals surface area contributed by atoms with E-state index in [1.165, 1.54) is 193 Å². The number of amides is 1. The predicted octanol–water partition coefficient (Wildman–Crippen LogP) is 15.2. The quantitative estimate of drug-likeness (QED) is 0.0309. The molecule has 0 saturated heterocycles. The van der Waals surface area contributed by atoms with Crippen LogP contribution >= 0.6 is 0 Å². The molecule has 0 aromatic carbocycles. The van der Waals surface area contributed by atoms with Gasteiger partial charge in [-0.05, 0) is 77.0 Å². The molecule has 4 unspecified atom stereocenters. The highest BCUT2D eigenvalue weighted by molar-refractivity contribution is 5.80. The maximum Gasteiger partial charge on any atom is 0.249 e. The summed E-state index contributed by atoms with van der Waals surface area (Å²) in [6, 6.07) is -1.01. The van der Waals surface area contributed by atoms with E-state index in [1.807, 2.05) is 0 Å². The third-order valence-corrected chi connectivity index (χ3v) is 12.6. The molecule has 0 rings (SSSR count). The summed E-state index contributed by atoms with van der Waals surface area (Å²) in [6.07, 6.45) is 60.8. The maximum atomic E-state index is 12.5. The zero-order chi connectivity index (χ0) is 44.5. The number of carbonyl (C=O) groups is 1. The molecule has 0 aliphatic rings. The Kier molecular flexibility index (Phi) is 48.3. The Morgan fingerprint density at radius 3 is 1.03 bits per heavy atom. The van der Waals surface area contributed by atoms with Crippen LogP contribution in [0.1, 0.15) is 277 Å². The van der Waals surface area contributed by atoms with Crippen LogP contribution in [0, 0.1) is 0 Å².